The van der Waals surface area contributed by atoms with Gasteiger partial charge in [0.2, 0.25) is 0 Å². The summed E-state index contributed by atoms with van der Waals surface area (Å²) in [4.78, 5) is 0. The topological polar surface area (TPSA) is 69.6 Å². The maximum absolute atomic E-state index is 13.3. The number of hydrogen-bond acceptors (Lipinski definition) is 4. The van der Waals surface area contributed by atoms with Gasteiger partial charge in [0.1, 0.15) is 5.82 Å². The molecule has 0 radical (unpaired) electrons. The molecule has 112 valence electrons. The Morgan fingerprint density at radius 2 is 2.05 bits per heavy atom. The minimum Gasteiger partial charge on any atom is -0.396 e. The highest BCUT2D eigenvalue weighted by Gasteiger charge is 2.21. The summed E-state index contributed by atoms with van der Waals surface area (Å²) >= 11 is 0. The largest absolute Gasteiger partial charge is 0.396 e. The highest BCUT2D eigenvalue weighted by molar-refractivity contribution is 5.61. The molecule has 1 heterocycles. The van der Waals surface area contributed by atoms with Crippen LogP contribution in [0.3, 0.4) is 0 Å². The Morgan fingerprint density at radius 3 is 2.76 bits per heavy atom. The van der Waals surface area contributed by atoms with Gasteiger partial charge in [-0.05, 0) is 53.3 Å². The van der Waals surface area contributed by atoms with Crippen molar-refractivity contribution in [3.63, 3.8) is 0 Å². The van der Waals surface area contributed by atoms with Crippen molar-refractivity contribution in [2.24, 2.45) is 11.8 Å². The number of benzene rings is 1. The lowest BCUT2D eigenvalue weighted by atomic mass is 9.83. The van der Waals surface area contributed by atoms with Crippen molar-refractivity contribution >= 4 is 5.69 Å². The first-order valence-corrected chi connectivity index (χ1v) is 7.45. The quantitative estimate of drug-likeness (QED) is 0.882. The van der Waals surface area contributed by atoms with Crippen molar-refractivity contribution in [2.45, 2.75) is 39.2 Å². The molecular formula is C15H20FN5. The van der Waals surface area contributed by atoms with E-state index in [9.17, 15) is 4.39 Å². The number of hydrogen-bond donors (Lipinski definition) is 1. The van der Waals surface area contributed by atoms with Crippen LogP contribution in [0.25, 0.3) is 11.4 Å². The van der Waals surface area contributed by atoms with E-state index in [1.54, 1.807) is 12.1 Å². The standard InChI is InChI=1S/C15H20FN5/c1-10-2-4-11(5-3-10)9-21-15(18-19-20-21)12-6-7-13(16)14(17)8-12/h6-8,10-11H,2-5,9,17H2,1H3. The van der Waals surface area contributed by atoms with Gasteiger partial charge in [-0.15, -0.1) is 5.10 Å². The second-order valence-corrected chi connectivity index (χ2v) is 6.05. The van der Waals surface area contributed by atoms with E-state index >= 15 is 0 Å². The third-order valence-corrected chi connectivity index (χ3v) is 4.35. The number of halogens is 1. The normalized spacial score (nSPS) is 22.4. The van der Waals surface area contributed by atoms with Crippen molar-refractivity contribution in [2.75, 3.05) is 5.73 Å². The maximum atomic E-state index is 13.3. The van der Waals surface area contributed by atoms with E-state index in [1.807, 2.05) is 4.68 Å². The zero-order valence-corrected chi connectivity index (χ0v) is 12.2. The van der Waals surface area contributed by atoms with Gasteiger partial charge in [0.15, 0.2) is 5.82 Å². The molecule has 0 spiro atoms. The summed E-state index contributed by atoms with van der Waals surface area (Å²) in [5.41, 5.74) is 6.50. The summed E-state index contributed by atoms with van der Waals surface area (Å²) in [5, 5.41) is 11.9. The summed E-state index contributed by atoms with van der Waals surface area (Å²) in [6.07, 6.45) is 4.97. The molecule has 1 aromatic carbocycles. The zero-order chi connectivity index (χ0) is 14.8. The molecule has 1 aromatic heterocycles. The molecule has 2 N–H and O–H groups in total. The SMILES string of the molecule is CC1CCC(Cn2nnnc2-c2ccc(F)c(N)c2)CC1. The van der Waals surface area contributed by atoms with E-state index in [0.29, 0.717) is 11.7 Å². The summed E-state index contributed by atoms with van der Waals surface area (Å²) in [7, 11) is 0. The molecule has 1 aliphatic rings. The molecular weight excluding hydrogens is 269 g/mol. The molecule has 0 aliphatic heterocycles. The Morgan fingerprint density at radius 1 is 1.29 bits per heavy atom. The van der Waals surface area contributed by atoms with E-state index in [1.165, 1.54) is 31.7 Å². The van der Waals surface area contributed by atoms with E-state index in [2.05, 4.69) is 22.4 Å². The van der Waals surface area contributed by atoms with Gasteiger partial charge < -0.3 is 5.73 Å². The minimum absolute atomic E-state index is 0.119. The Bertz CT molecular complexity index is 616. The Balaban J connectivity index is 1.79. The van der Waals surface area contributed by atoms with Gasteiger partial charge in [-0.2, -0.15) is 0 Å². The highest BCUT2D eigenvalue weighted by atomic mass is 19.1. The molecule has 1 fully saturated rings. The molecule has 5 nitrogen and oxygen atoms in total. The first-order chi connectivity index (χ1) is 10.1. The number of nitrogen functional groups attached to an aromatic ring is 1. The average Bonchev–Trinajstić information content (AvgIpc) is 2.92. The summed E-state index contributed by atoms with van der Waals surface area (Å²) < 4.78 is 15.1. The lowest BCUT2D eigenvalue weighted by Gasteiger charge is -2.26. The molecule has 6 heteroatoms. The Labute approximate surface area is 123 Å². The molecule has 0 unspecified atom stereocenters. The fraction of sp³-hybridized carbons (Fsp3) is 0.533. The molecule has 0 atom stereocenters. The van der Waals surface area contributed by atoms with Crippen LogP contribution in [0, 0.1) is 17.7 Å². The van der Waals surface area contributed by atoms with Gasteiger partial charge in [-0.25, -0.2) is 9.07 Å². The summed E-state index contributed by atoms with van der Waals surface area (Å²) in [6, 6.07) is 4.60. The number of anilines is 1. The third-order valence-electron chi connectivity index (χ3n) is 4.35. The number of aromatic nitrogens is 4. The van der Waals surface area contributed by atoms with Crippen molar-refractivity contribution < 1.29 is 4.39 Å². The molecule has 0 saturated heterocycles. The maximum Gasteiger partial charge on any atom is 0.182 e. The van der Waals surface area contributed by atoms with Gasteiger partial charge in [0, 0.05) is 12.1 Å². The van der Waals surface area contributed by atoms with Gasteiger partial charge >= 0.3 is 0 Å². The van der Waals surface area contributed by atoms with E-state index in [0.717, 1.165) is 18.0 Å². The first-order valence-electron chi connectivity index (χ1n) is 7.45. The lowest BCUT2D eigenvalue weighted by molar-refractivity contribution is 0.257. The van der Waals surface area contributed by atoms with Gasteiger partial charge in [0.05, 0.1) is 5.69 Å². The van der Waals surface area contributed by atoms with Crippen LogP contribution in [-0.2, 0) is 6.54 Å². The lowest BCUT2D eigenvalue weighted by Crippen LogP contribution is -2.19. The van der Waals surface area contributed by atoms with Crippen molar-refractivity contribution in [1.82, 2.24) is 20.2 Å². The molecule has 1 saturated carbocycles. The molecule has 0 amide bonds. The van der Waals surface area contributed by atoms with Crippen LogP contribution in [0.4, 0.5) is 10.1 Å². The van der Waals surface area contributed by atoms with Crippen LogP contribution >= 0.6 is 0 Å². The zero-order valence-electron chi connectivity index (χ0n) is 12.2. The fourth-order valence-corrected chi connectivity index (χ4v) is 2.97. The van der Waals surface area contributed by atoms with Crippen molar-refractivity contribution in [3.05, 3.63) is 24.0 Å². The Kier molecular flexibility index (Phi) is 3.86. The Hall–Kier alpha value is -1.98. The number of nitrogens with two attached hydrogens (primary N) is 1. The van der Waals surface area contributed by atoms with Gasteiger partial charge in [0.25, 0.3) is 0 Å². The molecule has 0 bridgehead atoms. The van der Waals surface area contributed by atoms with E-state index < -0.39 is 5.82 Å². The van der Waals surface area contributed by atoms with Crippen LogP contribution < -0.4 is 5.73 Å². The monoisotopic (exact) mass is 289 g/mol. The second kappa shape index (κ2) is 5.79. The smallest absolute Gasteiger partial charge is 0.182 e. The molecule has 3 rings (SSSR count). The van der Waals surface area contributed by atoms with Gasteiger partial charge in [-0.3, -0.25) is 0 Å². The first kappa shape index (κ1) is 14.0. The molecule has 1 aliphatic carbocycles. The number of tetrazole rings is 1. The second-order valence-electron chi connectivity index (χ2n) is 6.05. The van der Waals surface area contributed by atoms with Crippen LogP contribution in [0.15, 0.2) is 18.2 Å². The van der Waals surface area contributed by atoms with Crippen molar-refractivity contribution in [1.29, 1.82) is 0 Å². The number of rotatable bonds is 3. The van der Waals surface area contributed by atoms with E-state index in [4.69, 9.17) is 5.73 Å². The van der Waals surface area contributed by atoms with Crippen LogP contribution in [-0.4, -0.2) is 20.2 Å². The van der Waals surface area contributed by atoms with Crippen LogP contribution in [0.2, 0.25) is 0 Å². The average molecular weight is 289 g/mol. The third kappa shape index (κ3) is 3.04. The fourth-order valence-electron chi connectivity index (χ4n) is 2.97. The molecule has 2 aromatic rings. The predicted molar refractivity (Wildman–Crippen MR) is 78.7 cm³/mol. The molecule has 21 heavy (non-hydrogen) atoms. The summed E-state index contributed by atoms with van der Waals surface area (Å²) in [6.45, 7) is 3.12. The highest BCUT2D eigenvalue weighted by Crippen LogP contribution is 2.30. The van der Waals surface area contributed by atoms with E-state index in [-0.39, 0.29) is 5.69 Å². The van der Waals surface area contributed by atoms with Crippen LogP contribution in [0.5, 0.6) is 0 Å². The number of nitrogens with zero attached hydrogens (tertiary/aromatic N) is 4. The summed E-state index contributed by atoms with van der Waals surface area (Å²) in [5.74, 6) is 1.67. The van der Waals surface area contributed by atoms with Gasteiger partial charge in [-0.1, -0.05) is 19.8 Å². The minimum atomic E-state index is -0.418. The van der Waals surface area contributed by atoms with Crippen LogP contribution in [0.1, 0.15) is 32.6 Å². The predicted octanol–water partition coefficient (Wildman–Crippen LogP) is 2.89. The van der Waals surface area contributed by atoms with Crippen molar-refractivity contribution in [3.8, 4) is 11.4 Å².